The molecule has 13 heteroatoms. The summed E-state index contributed by atoms with van der Waals surface area (Å²) in [4.78, 5) is 42.1. The quantitative estimate of drug-likeness (QED) is 0.0986. The van der Waals surface area contributed by atoms with Crippen molar-refractivity contribution in [2.75, 3.05) is 58.9 Å². The Bertz CT molecular complexity index is 1110. The van der Waals surface area contributed by atoms with Crippen LogP contribution in [0.15, 0.2) is 91.0 Å². The Kier molecular flexibility index (Phi) is 28.0. The van der Waals surface area contributed by atoms with Crippen LogP contribution in [0, 0.1) is 0 Å². The predicted octanol–water partition coefficient (Wildman–Crippen LogP) is -9.94. The zero-order chi connectivity index (χ0) is 30.9. The summed E-state index contributed by atoms with van der Waals surface area (Å²) in [6, 6.07) is 28.7. The van der Waals surface area contributed by atoms with Crippen molar-refractivity contribution in [1.82, 2.24) is 19.6 Å². The molecule has 0 atom stereocenters. The Morgan fingerprint density at radius 1 is 0.391 bits per heavy atom. The van der Waals surface area contributed by atoms with Crippen molar-refractivity contribution in [2.45, 2.75) is 19.6 Å². The topological polar surface area (TPSA) is 133 Å². The van der Waals surface area contributed by atoms with Crippen molar-refractivity contribution < 1.29 is 184 Å². The fourth-order valence-corrected chi connectivity index (χ4v) is 4.90. The van der Waals surface area contributed by atoms with Crippen molar-refractivity contribution in [3.05, 3.63) is 108 Å². The van der Waals surface area contributed by atoms with Crippen LogP contribution < -0.4 is 169 Å². The number of nitrogens with zero attached hydrogens (tertiary/aromatic N) is 4. The molecule has 3 aromatic rings. The van der Waals surface area contributed by atoms with E-state index in [1.54, 1.807) is 14.7 Å². The first-order chi connectivity index (χ1) is 20.8. The van der Waals surface area contributed by atoms with Crippen LogP contribution in [0.2, 0.25) is 0 Å². The molecule has 0 aliphatic heterocycles. The molecule has 0 aliphatic carbocycles. The van der Waals surface area contributed by atoms with E-state index in [-0.39, 0.29) is 174 Å². The smallest absolute Gasteiger partial charge is 0.549 e. The number of rotatable bonds is 21. The maximum atomic E-state index is 11.5. The molecular weight excluding hydrogens is 666 g/mol. The van der Waals surface area contributed by atoms with Crippen molar-refractivity contribution in [2.24, 2.45) is 0 Å². The fraction of sp³-hybridized carbons (Fsp3) is 0.364. The van der Waals surface area contributed by atoms with Gasteiger partial charge in [0.05, 0.1) is 17.9 Å². The van der Waals surface area contributed by atoms with Gasteiger partial charge in [-0.3, -0.25) is 19.6 Å². The summed E-state index contributed by atoms with van der Waals surface area (Å²) in [5.74, 6) is -3.52. The van der Waals surface area contributed by atoms with Crippen LogP contribution in [0.1, 0.15) is 16.7 Å². The van der Waals surface area contributed by atoms with Crippen LogP contribution in [0.4, 0.5) is 0 Å². The Hall–Kier alpha value is 0.819. The maximum Gasteiger partial charge on any atom is 1.00 e. The SMILES string of the molecule is O=C([O-])CN(CCN(CCN(CC(=O)[O-])Cc1ccccc1)CCN(CC(=O)[O-])Cc1ccccc1)Cc1ccccc1.[K+].[K+].[K+]. The minimum Gasteiger partial charge on any atom is -0.549 e. The van der Waals surface area contributed by atoms with E-state index in [0.717, 1.165) is 16.7 Å². The van der Waals surface area contributed by atoms with Crippen molar-refractivity contribution >= 4 is 17.9 Å². The minimum absolute atomic E-state index is 0. The molecule has 0 saturated heterocycles. The van der Waals surface area contributed by atoms with Gasteiger partial charge in [-0.2, -0.15) is 0 Å². The molecule has 10 nitrogen and oxygen atoms in total. The number of benzene rings is 3. The molecule has 0 amide bonds. The first-order valence-corrected chi connectivity index (χ1v) is 14.4. The molecule has 3 rings (SSSR count). The third-order valence-electron chi connectivity index (χ3n) is 7.00. The van der Waals surface area contributed by atoms with Crippen LogP contribution in [0.3, 0.4) is 0 Å². The molecular formula is C33H39K3N4O6. The summed E-state index contributed by atoms with van der Waals surface area (Å²) in [6.45, 7) is 3.27. The fourth-order valence-electron chi connectivity index (χ4n) is 4.90. The average molecular weight is 705 g/mol. The van der Waals surface area contributed by atoms with Gasteiger partial charge in [-0.05, 0) is 16.7 Å². The summed E-state index contributed by atoms with van der Waals surface area (Å²) in [5.41, 5.74) is 2.92. The van der Waals surface area contributed by atoms with Crippen molar-refractivity contribution in [3.8, 4) is 0 Å². The largest absolute Gasteiger partial charge is 1.00 e. The third kappa shape index (κ3) is 21.1. The summed E-state index contributed by atoms with van der Waals surface area (Å²) in [6.07, 6.45) is 0. The van der Waals surface area contributed by atoms with E-state index in [0.29, 0.717) is 58.9 Å². The third-order valence-corrected chi connectivity index (χ3v) is 7.00. The van der Waals surface area contributed by atoms with Gasteiger partial charge in [0.2, 0.25) is 0 Å². The number of hydrogen-bond donors (Lipinski definition) is 0. The number of carbonyl (C=O) groups is 3. The standard InChI is InChI=1S/C33H42N4O6.3K/c38-31(39)25-35(22-28-10-4-1-5-11-28)19-16-34(17-20-36(26-32(40)41)23-29-12-6-2-7-13-29)18-21-37(27-33(42)43)24-30-14-8-3-9-15-30;;;/h1-15H,16-27H2,(H,38,39)(H,40,41)(H,42,43);;;/q;3*+1/p-3. The van der Waals surface area contributed by atoms with Crippen molar-refractivity contribution in [3.63, 3.8) is 0 Å². The Morgan fingerprint density at radius 2 is 0.609 bits per heavy atom. The Balaban J connectivity index is 0.00000675. The second-order valence-corrected chi connectivity index (χ2v) is 10.5. The first kappa shape index (κ1) is 46.8. The minimum atomic E-state index is -1.17. The predicted molar refractivity (Wildman–Crippen MR) is 157 cm³/mol. The molecule has 0 radical (unpaired) electrons. The van der Waals surface area contributed by atoms with E-state index in [2.05, 4.69) is 4.90 Å². The van der Waals surface area contributed by atoms with Crippen LogP contribution in [0.5, 0.6) is 0 Å². The monoisotopic (exact) mass is 704 g/mol. The van der Waals surface area contributed by atoms with Gasteiger partial charge in [0.15, 0.2) is 0 Å². The second-order valence-electron chi connectivity index (χ2n) is 10.5. The summed E-state index contributed by atoms with van der Waals surface area (Å²) in [7, 11) is 0. The number of carboxylic acids is 3. The Morgan fingerprint density at radius 3 is 0.826 bits per heavy atom. The first-order valence-electron chi connectivity index (χ1n) is 14.4. The van der Waals surface area contributed by atoms with Gasteiger partial charge < -0.3 is 29.7 Å². The Labute approximate surface area is 400 Å². The molecule has 0 N–H and O–H groups in total. The van der Waals surface area contributed by atoms with Crippen LogP contribution in [-0.2, 0) is 34.0 Å². The molecule has 0 aliphatic rings. The molecule has 0 spiro atoms. The number of carbonyl (C=O) groups excluding carboxylic acids is 3. The van der Waals surface area contributed by atoms with Gasteiger partial charge in [-0.15, -0.1) is 0 Å². The van der Waals surface area contributed by atoms with Gasteiger partial charge in [0.1, 0.15) is 0 Å². The van der Waals surface area contributed by atoms with E-state index in [4.69, 9.17) is 0 Å². The second kappa shape index (κ2) is 27.5. The van der Waals surface area contributed by atoms with E-state index in [9.17, 15) is 29.7 Å². The van der Waals surface area contributed by atoms with E-state index < -0.39 is 17.9 Å². The van der Waals surface area contributed by atoms with Gasteiger partial charge in [0.25, 0.3) is 0 Å². The van der Waals surface area contributed by atoms with Crippen molar-refractivity contribution in [1.29, 1.82) is 0 Å². The van der Waals surface area contributed by atoms with E-state index in [1.807, 2.05) is 91.0 Å². The maximum absolute atomic E-state index is 11.5. The molecule has 0 heterocycles. The van der Waals surface area contributed by atoms with Crippen LogP contribution >= 0.6 is 0 Å². The van der Waals surface area contributed by atoms with Gasteiger partial charge in [0, 0.05) is 78.5 Å². The summed E-state index contributed by atoms with van der Waals surface area (Å²) < 4.78 is 0. The normalized spacial score (nSPS) is 10.7. The number of hydrogen-bond acceptors (Lipinski definition) is 10. The van der Waals surface area contributed by atoms with E-state index in [1.165, 1.54) is 0 Å². The molecule has 0 bridgehead atoms. The molecule has 0 fully saturated rings. The molecule has 0 aromatic heterocycles. The van der Waals surface area contributed by atoms with Gasteiger partial charge in [-0.25, -0.2) is 0 Å². The zero-order valence-electron chi connectivity index (χ0n) is 27.4. The molecule has 0 saturated carbocycles. The van der Waals surface area contributed by atoms with E-state index >= 15 is 0 Å². The number of carboxylic acid groups (broad SMARTS) is 3. The molecule has 3 aromatic carbocycles. The molecule has 46 heavy (non-hydrogen) atoms. The molecule has 0 unspecified atom stereocenters. The van der Waals surface area contributed by atoms with Crippen LogP contribution in [0.25, 0.3) is 0 Å². The van der Waals surface area contributed by atoms with Gasteiger partial charge in [-0.1, -0.05) is 91.0 Å². The van der Waals surface area contributed by atoms with Crippen LogP contribution in [-0.4, -0.2) is 96.4 Å². The summed E-state index contributed by atoms with van der Waals surface area (Å²) >= 11 is 0. The molecule has 230 valence electrons. The number of aliphatic carboxylic acids is 3. The average Bonchev–Trinajstić information content (AvgIpc) is 2.97. The van der Waals surface area contributed by atoms with Gasteiger partial charge >= 0.3 is 154 Å². The summed E-state index contributed by atoms with van der Waals surface area (Å²) in [5, 5.41) is 34.6. The zero-order valence-corrected chi connectivity index (χ0v) is 36.8.